The Balaban J connectivity index is 1.89. The number of nitrogens with zero attached hydrogens (tertiary/aromatic N) is 5. The molecule has 2 aromatic rings. The van der Waals surface area contributed by atoms with Crippen molar-refractivity contribution in [3.05, 3.63) is 40.5 Å². The Kier molecular flexibility index (Phi) is 4.21. The fraction of sp³-hybridized carbons (Fsp3) is 0.300. The Morgan fingerprint density at radius 2 is 2.24 bits per heavy atom. The summed E-state index contributed by atoms with van der Waals surface area (Å²) in [5, 5.41) is 19.9. The summed E-state index contributed by atoms with van der Waals surface area (Å²) in [6.07, 6.45) is 3.38. The van der Waals surface area contributed by atoms with Gasteiger partial charge in [-0.2, -0.15) is 23.7 Å². The van der Waals surface area contributed by atoms with Crippen LogP contribution in [0.1, 0.15) is 17.0 Å². The summed E-state index contributed by atoms with van der Waals surface area (Å²) < 4.78 is 26.6. The molecule has 0 saturated carbocycles. The van der Waals surface area contributed by atoms with E-state index in [9.17, 15) is 23.7 Å². The molecule has 0 aliphatic heterocycles. The van der Waals surface area contributed by atoms with Crippen LogP contribution in [0.15, 0.2) is 24.7 Å². The molecule has 9 nitrogen and oxygen atoms in total. The molecule has 112 valence electrons. The number of alkyl halides is 2. The van der Waals surface area contributed by atoms with Crippen molar-refractivity contribution in [2.24, 2.45) is 0 Å². The maximum Gasteiger partial charge on any atom is 0.333 e. The van der Waals surface area contributed by atoms with Gasteiger partial charge in [0.1, 0.15) is 18.1 Å². The maximum absolute atomic E-state index is 12.5. The monoisotopic (exact) mass is 300 g/mol. The number of hydrogen-bond donors (Lipinski definition) is 1. The Labute approximate surface area is 116 Å². The molecule has 1 amide bonds. The summed E-state index contributed by atoms with van der Waals surface area (Å²) >= 11 is 0. The molecule has 1 N–H and O–H groups in total. The molecular formula is C10H10F2N6O3. The Hall–Kier alpha value is -2.85. The summed E-state index contributed by atoms with van der Waals surface area (Å²) in [5.41, 5.74) is -0.437. The molecule has 0 bridgehead atoms. The van der Waals surface area contributed by atoms with Gasteiger partial charge in [0, 0.05) is 12.7 Å². The number of hydrogen-bond acceptors (Lipinski definition) is 5. The summed E-state index contributed by atoms with van der Waals surface area (Å²) in [4.78, 5) is 21.6. The molecule has 0 fully saturated rings. The predicted octanol–water partition coefficient (Wildman–Crippen LogP) is 0.813. The zero-order chi connectivity index (χ0) is 15.4. The van der Waals surface area contributed by atoms with E-state index in [4.69, 9.17) is 0 Å². The number of nitrogens with one attached hydrogen (secondary N) is 1. The van der Waals surface area contributed by atoms with E-state index in [1.807, 2.05) is 0 Å². The quantitative estimate of drug-likeness (QED) is 0.627. The highest BCUT2D eigenvalue weighted by atomic mass is 19.3. The first-order chi connectivity index (χ1) is 9.99. The fourth-order valence-electron chi connectivity index (χ4n) is 1.59. The van der Waals surface area contributed by atoms with E-state index in [-0.39, 0.29) is 24.5 Å². The Bertz CT molecular complexity index is 653. The van der Waals surface area contributed by atoms with E-state index in [1.165, 1.54) is 16.9 Å². The van der Waals surface area contributed by atoms with Gasteiger partial charge in [0.05, 0.1) is 11.5 Å². The fourth-order valence-corrected chi connectivity index (χ4v) is 1.59. The molecule has 0 aromatic carbocycles. The SMILES string of the molecule is O=C(NCCn1cc([N+](=O)[O-])cn1)c1ccnn1C(F)F. The van der Waals surface area contributed by atoms with Crippen LogP contribution < -0.4 is 5.32 Å². The van der Waals surface area contributed by atoms with E-state index >= 15 is 0 Å². The van der Waals surface area contributed by atoms with E-state index < -0.39 is 17.4 Å². The minimum Gasteiger partial charge on any atom is -0.349 e. The predicted molar refractivity (Wildman–Crippen MR) is 64.7 cm³/mol. The first-order valence-corrected chi connectivity index (χ1v) is 5.75. The summed E-state index contributed by atoms with van der Waals surface area (Å²) in [6.45, 7) is -2.66. The third kappa shape index (κ3) is 3.38. The topological polar surface area (TPSA) is 108 Å². The zero-order valence-corrected chi connectivity index (χ0v) is 10.5. The molecule has 2 heterocycles. The van der Waals surface area contributed by atoms with Gasteiger partial charge in [-0.1, -0.05) is 0 Å². The molecule has 2 aromatic heterocycles. The van der Waals surface area contributed by atoms with Crippen LogP contribution in [-0.2, 0) is 6.54 Å². The number of aromatic nitrogens is 4. The number of rotatable bonds is 6. The van der Waals surface area contributed by atoms with E-state index in [1.54, 1.807) is 0 Å². The highest BCUT2D eigenvalue weighted by Crippen LogP contribution is 2.11. The highest BCUT2D eigenvalue weighted by molar-refractivity contribution is 5.92. The molecule has 0 spiro atoms. The van der Waals surface area contributed by atoms with Crippen molar-refractivity contribution in [1.29, 1.82) is 0 Å². The molecular weight excluding hydrogens is 290 g/mol. The number of nitro groups is 1. The van der Waals surface area contributed by atoms with Gasteiger partial charge in [-0.15, -0.1) is 0 Å². The zero-order valence-electron chi connectivity index (χ0n) is 10.5. The van der Waals surface area contributed by atoms with Gasteiger partial charge >= 0.3 is 12.2 Å². The molecule has 21 heavy (non-hydrogen) atoms. The van der Waals surface area contributed by atoms with E-state index in [0.29, 0.717) is 4.68 Å². The van der Waals surface area contributed by atoms with Crippen molar-refractivity contribution in [1.82, 2.24) is 24.9 Å². The standard InChI is InChI=1S/C10H10F2N6O3/c11-10(12)17-8(1-2-14-17)9(19)13-3-4-16-6-7(5-15-16)18(20)21/h1-2,5-6,10H,3-4H2,(H,13,19). The summed E-state index contributed by atoms with van der Waals surface area (Å²) in [7, 11) is 0. The van der Waals surface area contributed by atoms with E-state index in [0.717, 1.165) is 12.4 Å². The average molecular weight is 300 g/mol. The highest BCUT2D eigenvalue weighted by Gasteiger charge is 2.17. The van der Waals surface area contributed by atoms with E-state index in [2.05, 4.69) is 15.5 Å². The van der Waals surface area contributed by atoms with Crippen LogP contribution in [0.5, 0.6) is 0 Å². The van der Waals surface area contributed by atoms with Crippen molar-refractivity contribution >= 4 is 11.6 Å². The third-order valence-electron chi connectivity index (χ3n) is 2.54. The van der Waals surface area contributed by atoms with Crippen LogP contribution in [0.2, 0.25) is 0 Å². The number of carbonyl (C=O) groups is 1. The first-order valence-electron chi connectivity index (χ1n) is 5.75. The van der Waals surface area contributed by atoms with Gasteiger partial charge in [0.15, 0.2) is 0 Å². The van der Waals surface area contributed by atoms with Crippen LogP contribution in [0.3, 0.4) is 0 Å². The lowest BCUT2D eigenvalue weighted by Crippen LogP contribution is -2.29. The van der Waals surface area contributed by atoms with Crippen LogP contribution in [0.4, 0.5) is 14.5 Å². The minimum absolute atomic E-state index is 0.0755. The molecule has 0 radical (unpaired) electrons. The van der Waals surface area contributed by atoms with Crippen LogP contribution in [0, 0.1) is 10.1 Å². The summed E-state index contributed by atoms with van der Waals surface area (Å²) in [6, 6.07) is 1.17. The number of halogens is 2. The molecule has 0 aliphatic rings. The number of amides is 1. The van der Waals surface area contributed by atoms with Crippen molar-refractivity contribution in [2.45, 2.75) is 13.1 Å². The van der Waals surface area contributed by atoms with Crippen molar-refractivity contribution < 1.29 is 18.5 Å². The molecule has 11 heteroatoms. The number of carbonyl (C=O) groups excluding carboxylic acids is 1. The van der Waals surface area contributed by atoms with Gasteiger partial charge in [0.25, 0.3) is 5.91 Å². The second-order valence-electron chi connectivity index (χ2n) is 3.91. The first kappa shape index (κ1) is 14.6. The molecule has 2 rings (SSSR count). The lowest BCUT2D eigenvalue weighted by atomic mass is 10.4. The molecule has 0 saturated heterocycles. The van der Waals surface area contributed by atoms with Crippen LogP contribution in [-0.4, -0.2) is 36.9 Å². The molecule has 0 aliphatic carbocycles. The van der Waals surface area contributed by atoms with Crippen LogP contribution in [0.25, 0.3) is 0 Å². The summed E-state index contributed by atoms with van der Waals surface area (Å²) in [5.74, 6) is -0.713. The van der Waals surface area contributed by atoms with Crippen molar-refractivity contribution in [3.8, 4) is 0 Å². The average Bonchev–Trinajstić information content (AvgIpc) is 3.07. The largest absolute Gasteiger partial charge is 0.349 e. The lowest BCUT2D eigenvalue weighted by molar-refractivity contribution is -0.385. The Morgan fingerprint density at radius 3 is 2.86 bits per heavy atom. The van der Waals surface area contributed by atoms with Crippen molar-refractivity contribution in [2.75, 3.05) is 6.54 Å². The normalized spacial score (nSPS) is 10.8. The van der Waals surface area contributed by atoms with Gasteiger partial charge in [-0.3, -0.25) is 19.6 Å². The second kappa shape index (κ2) is 6.07. The minimum atomic E-state index is -2.91. The van der Waals surface area contributed by atoms with Gasteiger partial charge in [0.2, 0.25) is 0 Å². The maximum atomic E-state index is 12.5. The van der Waals surface area contributed by atoms with Crippen LogP contribution >= 0.6 is 0 Å². The molecule has 0 unspecified atom stereocenters. The van der Waals surface area contributed by atoms with Crippen molar-refractivity contribution in [3.63, 3.8) is 0 Å². The lowest BCUT2D eigenvalue weighted by Gasteiger charge is -2.07. The van der Waals surface area contributed by atoms with Gasteiger partial charge < -0.3 is 5.32 Å². The van der Waals surface area contributed by atoms with Gasteiger partial charge in [-0.05, 0) is 6.07 Å². The Morgan fingerprint density at radius 1 is 1.48 bits per heavy atom. The van der Waals surface area contributed by atoms with Gasteiger partial charge in [-0.25, -0.2) is 0 Å². The smallest absolute Gasteiger partial charge is 0.333 e. The molecule has 0 atom stereocenters. The third-order valence-corrected chi connectivity index (χ3v) is 2.54. The second-order valence-corrected chi connectivity index (χ2v) is 3.91.